The molecule has 0 amide bonds. The van der Waals surface area contributed by atoms with Gasteiger partial charge in [-0.2, -0.15) is 4.39 Å². The van der Waals surface area contributed by atoms with Crippen molar-refractivity contribution < 1.29 is 17.9 Å². The first-order chi connectivity index (χ1) is 21.0. The molecule has 0 atom stereocenters. The van der Waals surface area contributed by atoms with E-state index in [0.717, 1.165) is 47.3 Å². The number of ether oxygens (including phenoxy) is 1. The second-order valence-electron chi connectivity index (χ2n) is 12.8. The van der Waals surface area contributed by atoms with Gasteiger partial charge in [0, 0.05) is 5.56 Å². The van der Waals surface area contributed by atoms with Gasteiger partial charge in [0.25, 0.3) is 0 Å². The molecule has 1 nitrogen and oxygen atoms in total. The van der Waals surface area contributed by atoms with E-state index in [2.05, 4.69) is 6.92 Å². The molecule has 230 valence electrons. The highest BCUT2D eigenvalue weighted by atomic mass is 19.2. The number of benzene rings is 3. The van der Waals surface area contributed by atoms with Crippen LogP contribution in [0.1, 0.15) is 102 Å². The Morgan fingerprint density at radius 1 is 0.721 bits per heavy atom. The van der Waals surface area contributed by atoms with Crippen molar-refractivity contribution in [2.45, 2.75) is 96.8 Å². The average Bonchev–Trinajstić information content (AvgIpc) is 3.04. The highest BCUT2D eigenvalue weighted by Crippen LogP contribution is 2.45. The molecule has 2 aliphatic rings. The van der Waals surface area contributed by atoms with Crippen LogP contribution in [0.2, 0.25) is 0 Å². The molecular formula is C39H47F3O. The molecule has 4 heteroatoms. The van der Waals surface area contributed by atoms with E-state index >= 15 is 4.39 Å². The Hall–Kier alpha value is -3.01. The summed E-state index contributed by atoms with van der Waals surface area (Å²) in [5.74, 6) is 0.744. The molecule has 5 rings (SSSR count). The number of halogens is 3. The quantitative estimate of drug-likeness (QED) is 0.160. The summed E-state index contributed by atoms with van der Waals surface area (Å²) in [7, 11) is 0. The van der Waals surface area contributed by atoms with Crippen LogP contribution < -0.4 is 4.74 Å². The summed E-state index contributed by atoms with van der Waals surface area (Å²) < 4.78 is 50.1. The number of hydrogen-bond donors (Lipinski definition) is 0. The second kappa shape index (κ2) is 15.1. The summed E-state index contributed by atoms with van der Waals surface area (Å²) in [5.41, 5.74) is 3.19. The maximum absolute atomic E-state index is 15.4. The number of rotatable bonds is 11. The van der Waals surface area contributed by atoms with E-state index in [4.69, 9.17) is 4.74 Å². The Morgan fingerprint density at radius 2 is 1.37 bits per heavy atom. The highest BCUT2D eigenvalue weighted by Gasteiger charge is 2.32. The van der Waals surface area contributed by atoms with E-state index < -0.39 is 11.6 Å². The van der Waals surface area contributed by atoms with Crippen molar-refractivity contribution in [3.63, 3.8) is 0 Å². The van der Waals surface area contributed by atoms with Crippen LogP contribution in [0, 0.1) is 35.2 Å². The maximum atomic E-state index is 15.4. The molecule has 3 aromatic carbocycles. The minimum Gasteiger partial charge on any atom is -0.486 e. The zero-order valence-corrected chi connectivity index (χ0v) is 25.9. The summed E-state index contributed by atoms with van der Waals surface area (Å²) in [6.45, 7) is 4.30. The lowest BCUT2D eigenvalue weighted by atomic mass is 9.68. The van der Waals surface area contributed by atoms with Crippen LogP contribution in [0.15, 0.2) is 66.7 Å². The lowest BCUT2D eigenvalue weighted by Crippen LogP contribution is -2.25. The summed E-state index contributed by atoms with van der Waals surface area (Å²) in [6.07, 6.45) is 19.2. The van der Waals surface area contributed by atoms with Gasteiger partial charge in [0.15, 0.2) is 11.6 Å². The fourth-order valence-electron chi connectivity index (χ4n) is 7.51. The Balaban J connectivity index is 1.17. The lowest BCUT2D eigenvalue weighted by Gasteiger charge is -2.38. The van der Waals surface area contributed by atoms with Crippen LogP contribution >= 0.6 is 0 Å². The van der Waals surface area contributed by atoms with E-state index in [0.29, 0.717) is 11.5 Å². The minimum absolute atomic E-state index is 0.111. The van der Waals surface area contributed by atoms with E-state index in [1.165, 1.54) is 76.3 Å². The van der Waals surface area contributed by atoms with Crippen molar-refractivity contribution in [2.75, 3.05) is 6.61 Å². The topological polar surface area (TPSA) is 9.23 Å². The molecule has 0 bridgehead atoms. The Morgan fingerprint density at radius 3 is 2.02 bits per heavy atom. The fourth-order valence-corrected chi connectivity index (χ4v) is 7.51. The van der Waals surface area contributed by atoms with Gasteiger partial charge in [0.1, 0.15) is 12.4 Å². The van der Waals surface area contributed by atoms with Crippen molar-refractivity contribution in [3.8, 4) is 28.0 Å². The Bertz CT molecular complexity index is 1350. The molecular weight excluding hydrogens is 541 g/mol. The zero-order chi connectivity index (χ0) is 30.2. The van der Waals surface area contributed by atoms with Crippen LogP contribution in [-0.2, 0) is 0 Å². The van der Waals surface area contributed by atoms with Gasteiger partial charge in [-0.05, 0) is 110 Å². The molecule has 2 saturated carbocycles. The van der Waals surface area contributed by atoms with Crippen LogP contribution in [0.25, 0.3) is 22.3 Å². The third-order valence-electron chi connectivity index (χ3n) is 10.1. The first kappa shape index (κ1) is 31.4. The summed E-state index contributed by atoms with van der Waals surface area (Å²) in [4.78, 5) is 0. The van der Waals surface area contributed by atoms with Crippen LogP contribution in [-0.4, -0.2) is 6.61 Å². The smallest absolute Gasteiger partial charge is 0.201 e. The van der Waals surface area contributed by atoms with Gasteiger partial charge in [-0.25, -0.2) is 8.78 Å². The molecule has 43 heavy (non-hydrogen) atoms. The summed E-state index contributed by atoms with van der Waals surface area (Å²) in [6, 6.07) is 15.7. The van der Waals surface area contributed by atoms with Gasteiger partial charge in [0.2, 0.25) is 5.82 Å². The highest BCUT2D eigenvalue weighted by molar-refractivity contribution is 5.71. The van der Waals surface area contributed by atoms with Crippen LogP contribution in [0.4, 0.5) is 13.2 Å². The molecule has 0 aliphatic heterocycles. The minimum atomic E-state index is -0.997. The van der Waals surface area contributed by atoms with Crippen molar-refractivity contribution in [1.82, 2.24) is 0 Å². The van der Waals surface area contributed by atoms with Crippen LogP contribution in [0.3, 0.4) is 0 Å². The van der Waals surface area contributed by atoms with Gasteiger partial charge in [0.05, 0.1) is 0 Å². The number of hydrogen-bond acceptors (Lipinski definition) is 1. The molecule has 2 aliphatic carbocycles. The molecule has 0 unspecified atom stereocenters. The Kier molecular flexibility index (Phi) is 11.1. The van der Waals surface area contributed by atoms with Gasteiger partial charge in [-0.3, -0.25) is 0 Å². The molecule has 0 saturated heterocycles. The van der Waals surface area contributed by atoms with E-state index in [9.17, 15) is 8.78 Å². The molecule has 0 N–H and O–H groups in total. The molecule has 0 heterocycles. The average molecular weight is 589 g/mol. The van der Waals surface area contributed by atoms with E-state index in [1.54, 1.807) is 30.4 Å². The molecule has 2 fully saturated rings. The first-order valence-electron chi connectivity index (χ1n) is 16.6. The van der Waals surface area contributed by atoms with Gasteiger partial charge in [-0.15, -0.1) is 0 Å². The van der Waals surface area contributed by atoms with Gasteiger partial charge in [-0.1, -0.05) is 94.0 Å². The largest absolute Gasteiger partial charge is 0.486 e. The molecule has 0 radical (unpaired) electrons. The second-order valence-corrected chi connectivity index (χ2v) is 12.8. The molecule has 3 aromatic rings. The lowest BCUT2D eigenvalue weighted by molar-refractivity contribution is 0.155. The fraction of sp³-hybridized carbons (Fsp3) is 0.487. The summed E-state index contributed by atoms with van der Waals surface area (Å²) in [5, 5.41) is 0. The van der Waals surface area contributed by atoms with Gasteiger partial charge >= 0.3 is 0 Å². The molecule has 0 aromatic heterocycles. The normalized spacial score (nSPS) is 22.6. The van der Waals surface area contributed by atoms with E-state index in [1.807, 2.05) is 31.2 Å². The zero-order valence-electron chi connectivity index (χ0n) is 25.9. The van der Waals surface area contributed by atoms with Crippen molar-refractivity contribution >= 4 is 0 Å². The molecule has 0 spiro atoms. The number of unbranched alkanes of at least 4 members (excludes halogenated alkanes) is 2. The van der Waals surface area contributed by atoms with Crippen LogP contribution in [0.5, 0.6) is 5.75 Å². The van der Waals surface area contributed by atoms with Gasteiger partial charge < -0.3 is 4.74 Å². The third kappa shape index (κ3) is 7.75. The first-order valence-corrected chi connectivity index (χ1v) is 16.6. The number of allylic oxidation sites excluding steroid dienone is 1. The van der Waals surface area contributed by atoms with Crippen molar-refractivity contribution in [3.05, 3.63) is 89.8 Å². The standard InChI is InChI=1S/C39H47F3O/c1-3-5-7-8-27-9-11-28(12-10-27)29-13-17-31(18-14-29)34-22-21-33(26-36(34)40)30-15-19-32(20-16-30)35-23-24-37(39(42)38(35)41)43-25-6-4-2/h4,6,15-16,19-24,26-29,31H,3,5,7-14,17-18,25H2,1-2H3/b6-4+. The summed E-state index contributed by atoms with van der Waals surface area (Å²) >= 11 is 0. The van der Waals surface area contributed by atoms with E-state index in [-0.39, 0.29) is 23.7 Å². The SMILES string of the molecule is C/C=C/COc1ccc(-c2ccc(-c3ccc(C4CCC(C5CCC(CCCCC)CC5)CC4)c(F)c3)cc2)c(F)c1F. The predicted molar refractivity (Wildman–Crippen MR) is 172 cm³/mol. The third-order valence-corrected chi connectivity index (χ3v) is 10.1. The van der Waals surface area contributed by atoms with Crippen molar-refractivity contribution in [2.24, 2.45) is 17.8 Å². The Labute approximate surface area is 256 Å². The predicted octanol–water partition coefficient (Wildman–Crippen LogP) is 12.1. The van der Waals surface area contributed by atoms with Crippen molar-refractivity contribution in [1.29, 1.82) is 0 Å². The maximum Gasteiger partial charge on any atom is 0.201 e. The monoisotopic (exact) mass is 588 g/mol.